The smallest absolute Gasteiger partial charge is 0.306 e. The largest absolute Gasteiger partial charge is 0.481 e. The highest BCUT2D eigenvalue weighted by Crippen LogP contribution is 2.24. The van der Waals surface area contributed by atoms with Crippen molar-refractivity contribution in [1.82, 2.24) is 0 Å². The summed E-state index contributed by atoms with van der Waals surface area (Å²) < 4.78 is 0. The number of hydrogen-bond acceptors (Lipinski definition) is 4. The van der Waals surface area contributed by atoms with Gasteiger partial charge in [0.25, 0.3) is 0 Å². The van der Waals surface area contributed by atoms with E-state index < -0.39 is 24.6 Å². The molecule has 0 aliphatic rings. The predicted octanol–water partition coefficient (Wildman–Crippen LogP) is 1.02. The molecule has 2 atom stereocenters. The van der Waals surface area contributed by atoms with Crippen LogP contribution in [0.3, 0.4) is 0 Å². The van der Waals surface area contributed by atoms with E-state index in [1.165, 1.54) is 18.2 Å². The predicted molar refractivity (Wildman–Crippen MR) is 60.1 cm³/mol. The number of aliphatic hydroxyl groups excluding tert-OH is 2. The number of aliphatic hydroxyl groups is 2. The quantitative estimate of drug-likeness (QED) is 0.686. The van der Waals surface area contributed by atoms with Gasteiger partial charge in [-0.1, -0.05) is 17.7 Å². The number of carbonyl (C=O) groups excluding carboxylic acids is 1. The summed E-state index contributed by atoms with van der Waals surface area (Å²) in [5.41, 5.74) is 0.518. The number of rotatable bonds is 5. The molecule has 0 aliphatic carbocycles. The van der Waals surface area contributed by atoms with E-state index in [0.717, 1.165) is 0 Å². The average Bonchev–Trinajstić information content (AvgIpc) is 2.27. The van der Waals surface area contributed by atoms with Gasteiger partial charge in [-0.25, -0.2) is 0 Å². The lowest BCUT2D eigenvalue weighted by molar-refractivity contribution is -0.141. The van der Waals surface area contributed by atoms with Gasteiger partial charge >= 0.3 is 5.97 Å². The minimum absolute atomic E-state index is 0.138. The van der Waals surface area contributed by atoms with Crippen LogP contribution in [0.15, 0.2) is 18.2 Å². The third-order valence-corrected chi connectivity index (χ3v) is 2.57. The van der Waals surface area contributed by atoms with Crippen molar-refractivity contribution in [2.45, 2.75) is 18.6 Å². The number of halogens is 1. The summed E-state index contributed by atoms with van der Waals surface area (Å²) in [6.45, 7) is 0. The standard InChI is InChI=1S/C11H11ClO5/c12-8-3-6(1-2-7(8)5-13)11(17)9(14)4-10(15)16/h1-3,5,9,11,14,17H,4H2,(H,15,16). The van der Waals surface area contributed by atoms with Crippen molar-refractivity contribution < 1.29 is 24.9 Å². The molecular weight excluding hydrogens is 248 g/mol. The lowest BCUT2D eigenvalue weighted by Crippen LogP contribution is -2.21. The van der Waals surface area contributed by atoms with Crippen molar-refractivity contribution >= 4 is 23.9 Å². The maximum atomic E-state index is 10.5. The number of benzene rings is 1. The van der Waals surface area contributed by atoms with E-state index in [2.05, 4.69) is 0 Å². The molecule has 0 bridgehead atoms. The zero-order valence-electron chi connectivity index (χ0n) is 8.71. The van der Waals surface area contributed by atoms with Gasteiger partial charge in [-0.05, 0) is 17.7 Å². The van der Waals surface area contributed by atoms with E-state index in [0.29, 0.717) is 6.29 Å². The molecular formula is C11H11ClO5. The van der Waals surface area contributed by atoms with Gasteiger partial charge < -0.3 is 15.3 Å². The lowest BCUT2D eigenvalue weighted by atomic mass is 10.0. The fourth-order valence-electron chi connectivity index (χ4n) is 1.34. The minimum Gasteiger partial charge on any atom is -0.481 e. The molecule has 6 heteroatoms. The maximum absolute atomic E-state index is 10.5. The van der Waals surface area contributed by atoms with Crippen LogP contribution in [0.5, 0.6) is 0 Å². The van der Waals surface area contributed by atoms with Crippen LogP contribution in [0.25, 0.3) is 0 Å². The topological polar surface area (TPSA) is 94.8 Å². The second-order valence-corrected chi connectivity index (χ2v) is 3.92. The van der Waals surface area contributed by atoms with Gasteiger partial charge in [0.05, 0.1) is 17.5 Å². The Morgan fingerprint density at radius 1 is 1.41 bits per heavy atom. The molecule has 0 spiro atoms. The van der Waals surface area contributed by atoms with Crippen molar-refractivity contribution in [3.63, 3.8) is 0 Å². The molecule has 0 heterocycles. The highest BCUT2D eigenvalue weighted by molar-refractivity contribution is 6.33. The molecule has 2 unspecified atom stereocenters. The summed E-state index contributed by atoms with van der Waals surface area (Å²) in [4.78, 5) is 20.9. The molecule has 3 N–H and O–H groups in total. The Balaban J connectivity index is 2.89. The minimum atomic E-state index is -1.43. The highest BCUT2D eigenvalue weighted by atomic mass is 35.5. The fraction of sp³-hybridized carbons (Fsp3) is 0.273. The SMILES string of the molecule is O=Cc1ccc(C(O)C(O)CC(=O)O)cc1Cl. The Morgan fingerprint density at radius 2 is 2.06 bits per heavy atom. The number of hydrogen-bond donors (Lipinski definition) is 3. The number of aliphatic carboxylic acids is 1. The van der Waals surface area contributed by atoms with Gasteiger partial charge in [-0.2, -0.15) is 0 Å². The summed E-state index contributed by atoms with van der Waals surface area (Å²) >= 11 is 5.74. The Kier molecular flexibility index (Phi) is 4.62. The molecule has 0 saturated heterocycles. The maximum Gasteiger partial charge on any atom is 0.306 e. The molecule has 0 aliphatic heterocycles. The second kappa shape index (κ2) is 5.77. The van der Waals surface area contributed by atoms with Crippen molar-refractivity contribution in [2.75, 3.05) is 0 Å². The third kappa shape index (κ3) is 3.52. The van der Waals surface area contributed by atoms with Crippen molar-refractivity contribution in [2.24, 2.45) is 0 Å². The molecule has 0 fully saturated rings. The monoisotopic (exact) mass is 258 g/mol. The molecule has 5 nitrogen and oxygen atoms in total. The van der Waals surface area contributed by atoms with E-state index in [1.807, 2.05) is 0 Å². The molecule has 0 amide bonds. The molecule has 1 aromatic rings. The Labute approximate surface area is 102 Å². The molecule has 0 saturated carbocycles. The first-order chi connectivity index (χ1) is 7.95. The first-order valence-corrected chi connectivity index (χ1v) is 5.16. The number of carboxylic acids is 1. The number of carbonyl (C=O) groups is 2. The lowest BCUT2D eigenvalue weighted by Gasteiger charge is -2.16. The Hall–Kier alpha value is -1.43. The van der Waals surface area contributed by atoms with E-state index >= 15 is 0 Å². The molecule has 0 radical (unpaired) electrons. The summed E-state index contributed by atoms with van der Waals surface area (Å²) in [7, 11) is 0. The number of carboxylic acid groups (broad SMARTS) is 1. The zero-order chi connectivity index (χ0) is 13.0. The molecule has 1 rings (SSSR count). The van der Waals surface area contributed by atoms with Crippen molar-refractivity contribution in [1.29, 1.82) is 0 Å². The summed E-state index contributed by atoms with van der Waals surface area (Å²) in [5, 5.41) is 27.7. The van der Waals surface area contributed by atoms with Gasteiger partial charge in [0, 0.05) is 5.56 Å². The van der Waals surface area contributed by atoms with Crippen LogP contribution in [0.2, 0.25) is 5.02 Å². The van der Waals surface area contributed by atoms with E-state index in [1.54, 1.807) is 0 Å². The van der Waals surface area contributed by atoms with Gasteiger partial charge in [-0.3, -0.25) is 9.59 Å². The van der Waals surface area contributed by atoms with Gasteiger partial charge in [0.2, 0.25) is 0 Å². The van der Waals surface area contributed by atoms with Crippen LogP contribution in [-0.2, 0) is 4.79 Å². The fourth-order valence-corrected chi connectivity index (χ4v) is 1.57. The molecule has 92 valence electrons. The van der Waals surface area contributed by atoms with Crippen LogP contribution in [0.4, 0.5) is 0 Å². The van der Waals surface area contributed by atoms with E-state index in [4.69, 9.17) is 16.7 Å². The average molecular weight is 259 g/mol. The van der Waals surface area contributed by atoms with Crippen LogP contribution < -0.4 is 0 Å². The summed E-state index contributed by atoms with van der Waals surface area (Å²) in [6, 6.07) is 4.12. The normalized spacial score (nSPS) is 14.1. The Bertz CT molecular complexity index is 432. The van der Waals surface area contributed by atoms with E-state index in [-0.39, 0.29) is 16.1 Å². The van der Waals surface area contributed by atoms with Crippen LogP contribution in [0.1, 0.15) is 28.4 Å². The van der Waals surface area contributed by atoms with Crippen molar-refractivity contribution in [3.05, 3.63) is 34.3 Å². The number of aldehydes is 1. The highest BCUT2D eigenvalue weighted by Gasteiger charge is 2.21. The van der Waals surface area contributed by atoms with Gasteiger partial charge in [-0.15, -0.1) is 0 Å². The molecule has 1 aromatic carbocycles. The zero-order valence-corrected chi connectivity index (χ0v) is 9.46. The van der Waals surface area contributed by atoms with Crippen LogP contribution in [0, 0.1) is 0 Å². The van der Waals surface area contributed by atoms with Gasteiger partial charge in [0.1, 0.15) is 6.10 Å². The summed E-state index contributed by atoms with van der Waals surface area (Å²) in [6.07, 6.45) is -2.80. The summed E-state index contributed by atoms with van der Waals surface area (Å²) in [5.74, 6) is -1.22. The van der Waals surface area contributed by atoms with Crippen LogP contribution in [-0.4, -0.2) is 33.7 Å². The first-order valence-electron chi connectivity index (χ1n) is 4.78. The second-order valence-electron chi connectivity index (χ2n) is 3.51. The molecule has 0 aromatic heterocycles. The Morgan fingerprint density at radius 3 is 2.53 bits per heavy atom. The van der Waals surface area contributed by atoms with Crippen LogP contribution >= 0.6 is 11.6 Å². The van der Waals surface area contributed by atoms with Gasteiger partial charge in [0.15, 0.2) is 6.29 Å². The van der Waals surface area contributed by atoms with E-state index in [9.17, 15) is 19.8 Å². The third-order valence-electron chi connectivity index (χ3n) is 2.24. The van der Waals surface area contributed by atoms with Crippen molar-refractivity contribution in [3.8, 4) is 0 Å². The first kappa shape index (κ1) is 13.6. The molecule has 17 heavy (non-hydrogen) atoms.